The molecule has 0 bridgehead atoms. The number of carbonyl (C=O) groups is 2. The molecule has 25 heavy (non-hydrogen) atoms. The molecule has 1 aromatic carbocycles. The van der Waals surface area contributed by atoms with Gasteiger partial charge in [-0.25, -0.2) is 4.79 Å². The molecule has 6 heteroatoms. The van der Waals surface area contributed by atoms with E-state index in [9.17, 15) is 9.59 Å². The summed E-state index contributed by atoms with van der Waals surface area (Å²) in [5.74, 6) is -0.534. The second kappa shape index (κ2) is 6.70. The summed E-state index contributed by atoms with van der Waals surface area (Å²) in [6, 6.07) is 5.15. The molecule has 0 spiro atoms. The zero-order chi connectivity index (χ0) is 18.1. The Balaban J connectivity index is 1.82. The Kier molecular flexibility index (Phi) is 4.61. The predicted molar refractivity (Wildman–Crippen MR) is 93.6 cm³/mol. The van der Waals surface area contributed by atoms with Gasteiger partial charge in [-0.1, -0.05) is 19.9 Å². The fourth-order valence-electron chi connectivity index (χ4n) is 3.22. The highest BCUT2D eigenvalue weighted by atomic mass is 16.4. The molecule has 2 aromatic rings. The highest BCUT2D eigenvalue weighted by Crippen LogP contribution is 2.23. The smallest absolute Gasteiger partial charge is 0.335 e. The molecule has 2 heterocycles. The van der Waals surface area contributed by atoms with Gasteiger partial charge in [-0.2, -0.15) is 5.10 Å². The number of hydrogen-bond acceptors (Lipinski definition) is 3. The first kappa shape index (κ1) is 17.2. The molecule has 0 atom stereocenters. The molecule has 1 aliphatic heterocycles. The van der Waals surface area contributed by atoms with Crippen molar-refractivity contribution in [2.75, 3.05) is 6.54 Å². The maximum Gasteiger partial charge on any atom is 0.335 e. The average molecular weight is 341 g/mol. The van der Waals surface area contributed by atoms with Crippen LogP contribution in [0.5, 0.6) is 0 Å². The van der Waals surface area contributed by atoms with Gasteiger partial charge < -0.3 is 10.0 Å². The number of carboxylic acids is 1. The number of hydrogen-bond donors (Lipinski definition) is 1. The quantitative estimate of drug-likeness (QED) is 0.928. The summed E-state index contributed by atoms with van der Waals surface area (Å²) in [6.45, 7) is 8.00. The van der Waals surface area contributed by atoms with Gasteiger partial charge in [0.2, 0.25) is 0 Å². The summed E-state index contributed by atoms with van der Waals surface area (Å²) in [7, 11) is 0. The third kappa shape index (κ3) is 3.43. The summed E-state index contributed by atoms with van der Waals surface area (Å²) >= 11 is 0. The Morgan fingerprint density at radius 3 is 2.72 bits per heavy atom. The van der Waals surface area contributed by atoms with E-state index in [4.69, 9.17) is 5.11 Å². The first-order chi connectivity index (χ1) is 11.9. The van der Waals surface area contributed by atoms with Crippen molar-refractivity contribution in [2.24, 2.45) is 5.92 Å². The summed E-state index contributed by atoms with van der Waals surface area (Å²) in [4.78, 5) is 25.8. The van der Waals surface area contributed by atoms with Crippen molar-refractivity contribution < 1.29 is 14.7 Å². The molecule has 0 radical (unpaired) electrons. The third-order valence-electron chi connectivity index (χ3n) is 4.62. The summed E-state index contributed by atoms with van der Waals surface area (Å²) in [5, 5.41) is 13.5. The molecule has 0 saturated carbocycles. The number of nitrogens with zero attached hydrogens (tertiary/aromatic N) is 3. The lowest BCUT2D eigenvalue weighted by atomic mass is 9.97. The van der Waals surface area contributed by atoms with E-state index in [0.717, 1.165) is 29.8 Å². The van der Waals surface area contributed by atoms with E-state index in [0.29, 0.717) is 24.6 Å². The van der Waals surface area contributed by atoms with Crippen molar-refractivity contribution in [2.45, 2.75) is 40.3 Å². The number of fused-ring (bicyclic) bond motifs is 1. The molecule has 0 fully saturated rings. The second-order valence-corrected chi connectivity index (χ2v) is 6.98. The van der Waals surface area contributed by atoms with Crippen molar-refractivity contribution >= 4 is 11.9 Å². The van der Waals surface area contributed by atoms with Crippen LogP contribution in [0.2, 0.25) is 0 Å². The van der Waals surface area contributed by atoms with Gasteiger partial charge in [0.25, 0.3) is 5.91 Å². The Bertz CT molecular complexity index is 823. The van der Waals surface area contributed by atoms with Crippen LogP contribution in [0.15, 0.2) is 24.4 Å². The van der Waals surface area contributed by atoms with Gasteiger partial charge in [0.1, 0.15) is 0 Å². The number of aromatic carboxylic acids is 1. The minimum absolute atomic E-state index is 0.0427. The van der Waals surface area contributed by atoms with Crippen LogP contribution >= 0.6 is 0 Å². The summed E-state index contributed by atoms with van der Waals surface area (Å²) < 4.78 is 1.87. The minimum atomic E-state index is -0.947. The largest absolute Gasteiger partial charge is 0.478 e. The Labute approximate surface area is 147 Å². The first-order valence-corrected chi connectivity index (χ1v) is 8.53. The number of carbonyl (C=O) groups excluding carboxylic acids is 1. The fourth-order valence-corrected chi connectivity index (χ4v) is 3.22. The van der Waals surface area contributed by atoms with Crippen LogP contribution in [0.25, 0.3) is 0 Å². The van der Waals surface area contributed by atoms with Crippen LogP contribution in [0.3, 0.4) is 0 Å². The predicted octanol–water partition coefficient (Wildman–Crippen LogP) is 2.74. The van der Waals surface area contributed by atoms with E-state index in [1.54, 1.807) is 23.2 Å². The molecule has 6 nitrogen and oxygen atoms in total. The van der Waals surface area contributed by atoms with E-state index in [1.165, 1.54) is 0 Å². The number of aromatic nitrogens is 2. The minimum Gasteiger partial charge on any atom is -0.478 e. The number of benzene rings is 1. The highest BCUT2D eigenvalue weighted by molar-refractivity contribution is 5.95. The van der Waals surface area contributed by atoms with Crippen LogP contribution < -0.4 is 0 Å². The lowest BCUT2D eigenvalue weighted by Gasteiger charge is -2.29. The molecule has 0 saturated heterocycles. The molecular weight excluding hydrogens is 318 g/mol. The molecule has 3 rings (SSSR count). The molecule has 1 aromatic heterocycles. The van der Waals surface area contributed by atoms with Crippen molar-refractivity contribution in [3.05, 3.63) is 52.3 Å². The van der Waals surface area contributed by atoms with Gasteiger partial charge in [0.05, 0.1) is 17.3 Å². The normalized spacial score (nSPS) is 13.8. The van der Waals surface area contributed by atoms with Crippen LogP contribution in [0.1, 0.15) is 51.4 Å². The zero-order valence-electron chi connectivity index (χ0n) is 14.8. The molecule has 1 N–H and O–H groups in total. The van der Waals surface area contributed by atoms with Gasteiger partial charge in [0.15, 0.2) is 0 Å². The standard InChI is InChI=1S/C19H23N3O3/c1-12(2)10-22-13(3)17(9-20-22)18(23)21-7-6-14-4-5-15(19(24)25)8-16(14)11-21/h4-5,8-9,12H,6-7,10-11H2,1-3H3,(H,24,25). The van der Waals surface area contributed by atoms with Crippen molar-refractivity contribution in [1.82, 2.24) is 14.7 Å². The van der Waals surface area contributed by atoms with Gasteiger partial charge in [-0.15, -0.1) is 0 Å². The fraction of sp³-hybridized carbons (Fsp3) is 0.421. The van der Waals surface area contributed by atoms with Crippen LogP contribution in [0, 0.1) is 12.8 Å². The number of carboxylic acid groups (broad SMARTS) is 1. The van der Waals surface area contributed by atoms with Crippen LogP contribution in [0.4, 0.5) is 0 Å². The van der Waals surface area contributed by atoms with Crippen molar-refractivity contribution in [3.63, 3.8) is 0 Å². The first-order valence-electron chi connectivity index (χ1n) is 8.53. The molecule has 1 amide bonds. The Morgan fingerprint density at radius 1 is 1.28 bits per heavy atom. The maximum atomic E-state index is 12.9. The summed E-state index contributed by atoms with van der Waals surface area (Å²) in [6.07, 6.45) is 2.38. The Hall–Kier alpha value is -2.63. The van der Waals surface area contributed by atoms with E-state index >= 15 is 0 Å². The lowest BCUT2D eigenvalue weighted by molar-refractivity contribution is 0.0696. The van der Waals surface area contributed by atoms with E-state index in [-0.39, 0.29) is 11.5 Å². The number of rotatable bonds is 4. The maximum absolute atomic E-state index is 12.9. The lowest BCUT2D eigenvalue weighted by Crippen LogP contribution is -2.36. The monoisotopic (exact) mass is 341 g/mol. The average Bonchev–Trinajstić information content (AvgIpc) is 2.93. The molecule has 132 valence electrons. The molecular formula is C19H23N3O3. The van der Waals surface area contributed by atoms with Crippen LogP contribution in [-0.2, 0) is 19.5 Å². The van der Waals surface area contributed by atoms with Gasteiger partial charge in [-0.3, -0.25) is 9.48 Å². The number of amides is 1. The second-order valence-electron chi connectivity index (χ2n) is 6.98. The van der Waals surface area contributed by atoms with E-state index in [1.807, 2.05) is 17.7 Å². The Morgan fingerprint density at radius 2 is 2.04 bits per heavy atom. The van der Waals surface area contributed by atoms with Gasteiger partial charge >= 0.3 is 5.97 Å². The van der Waals surface area contributed by atoms with Gasteiger partial charge in [-0.05, 0) is 42.5 Å². The third-order valence-corrected chi connectivity index (χ3v) is 4.62. The topological polar surface area (TPSA) is 75.4 Å². The van der Waals surface area contributed by atoms with Gasteiger partial charge in [0, 0.05) is 25.3 Å². The molecule has 1 aliphatic rings. The van der Waals surface area contributed by atoms with Crippen molar-refractivity contribution in [3.8, 4) is 0 Å². The van der Waals surface area contributed by atoms with E-state index in [2.05, 4.69) is 18.9 Å². The SMILES string of the molecule is Cc1c(C(=O)N2CCc3ccc(C(=O)O)cc3C2)cnn1CC(C)C. The summed E-state index contributed by atoms with van der Waals surface area (Å²) in [5.41, 5.74) is 3.78. The van der Waals surface area contributed by atoms with E-state index < -0.39 is 5.97 Å². The molecule has 0 aliphatic carbocycles. The van der Waals surface area contributed by atoms with Crippen molar-refractivity contribution in [1.29, 1.82) is 0 Å². The highest BCUT2D eigenvalue weighted by Gasteiger charge is 2.25. The molecule has 0 unspecified atom stereocenters. The zero-order valence-corrected chi connectivity index (χ0v) is 14.8. The van der Waals surface area contributed by atoms with Crippen LogP contribution in [-0.4, -0.2) is 38.2 Å².